The number of amides is 1. The van der Waals surface area contributed by atoms with E-state index >= 15 is 0 Å². The highest BCUT2D eigenvalue weighted by Gasteiger charge is 2.25. The molecule has 1 aliphatic heterocycles. The molecule has 9 heteroatoms. The van der Waals surface area contributed by atoms with Crippen LogP contribution in [-0.4, -0.2) is 53.0 Å². The highest BCUT2D eigenvalue weighted by Crippen LogP contribution is 2.10. The Labute approximate surface area is 198 Å². The number of nitrogens with zero attached hydrogens (tertiary/aromatic N) is 4. The van der Waals surface area contributed by atoms with Crippen molar-refractivity contribution in [2.24, 2.45) is 0 Å². The minimum absolute atomic E-state index is 0.143. The average molecular weight is 481 g/mol. The second kappa shape index (κ2) is 10.1. The van der Waals surface area contributed by atoms with Gasteiger partial charge in [-0.25, -0.2) is 8.78 Å². The highest BCUT2D eigenvalue weighted by atomic mass is 32.1. The number of piperazine rings is 1. The molecule has 4 rings (SSSR count). The monoisotopic (exact) mass is 480 g/mol. The van der Waals surface area contributed by atoms with Crippen LogP contribution < -0.4 is 14.8 Å². The SMILES string of the molecule is CCN1CCN(C(=O)/C(C#N)=c2\s/c(=C/c3ccc(F)cc3)c(=O)n2-c2ccc(F)cc2)CC1. The Balaban J connectivity index is 1.90. The maximum absolute atomic E-state index is 13.5. The Hall–Kier alpha value is -3.61. The van der Waals surface area contributed by atoms with Gasteiger partial charge in [-0.15, -0.1) is 11.3 Å². The van der Waals surface area contributed by atoms with Crippen molar-refractivity contribution in [3.8, 4) is 11.8 Å². The molecule has 2 heterocycles. The van der Waals surface area contributed by atoms with Crippen molar-refractivity contribution in [3.05, 3.63) is 85.3 Å². The Morgan fingerprint density at radius 1 is 1.03 bits per heavy atom. The number of thiazole rings is 1. The number of rotatable bonds is 4. The molecule has 174 valence electrons. The summed E-state index contributed by atoms with van der Waals surface area (Å²) in [6.07, 6.45) is 1.58. The maximum atomic E-state index is 13.5. The summed E-state index contributed by atoms with van der Waals surface area (Å²) in [5.41, 5.74) is 0.341. The summed E-state index contributed by atoms with van der Waals surface area (Å²) in [6, 6.07) is 12.9. The first kappa shape index (κ1) is 23.5. The Kier molecular flexibility index (Phi) is 7.01. The lowest BCUT2D eigenvalue weighted by molar-refractivity contribution is -0.126. The molecule has 3 aromatic rings. The Morgan fingerprint density at radius 3 is 2.18 bits per heavy atom. The standard InChI is InChI=1S/C25H22F2N4O2S/c1-2-29-11-13-30(14-12-29)23(32)21(16-28)25-31(20-9-7-19(27)8-10-20)24(33)22(34-25)15-17-3-5-18(26)6-4-17/h3-10,15H,2,11-14H2,1H3/b22-15+,25-21-. The molecule has 0 spiro atoms. The molecule has 0 saturated carbocycles. The van der Waals surface area contributed by atoms with Gasteiger partial charge in [0, 0.05) is 26.2 Å². The molecule has 1 saturated heterocycles. The van der Waals surface area contributed by atoms with Crippen LogP contribution in [0.1, 0.15) is 12.5 Å². The normalized spacial score (nSPS) is 15.8. The van der Waals surface area contributed by atoms with Crippen molar-refractivity contribution in [3.63, 3.8) is 0 Å². The number of aromatic nitrogens is 1. The number of benzene rings is 2. The van der Waals surface area contributed by atoms with Crippen LogP contribution in [0.15, 0.2) is 53.3 Å². The van der Waals surface area contributed by atoms with Crippen LogP contribution in [0.2, 0.25) is 0 Å². The number of carbonyl (C=O) groups excluding carboxylic acids is 1. The van der Waals surface area contributed by atoms with Gasteiger partial charge in [-0.1, -0.05) is 19.1 Å². The van der Waals surface area contributed by atoms with E-state index in [9.17, 15) is 23.6 Å². The molecule has 1 aliphatic rings. The summed E-state index contributed by atoms with van der Waals surface area (Å²) < 4.78 is 28.5. The Morgan fingerprint density at radius 2 is 1.62 bits per heavy atom. The highest BCUT2D eigenvalue weighted by molar-refractivity contribution is 7.07. The second-order valence-electron chi connectivity index (χ2n) is 7.80. The van der Waals surface area contributed by atoms with Crippen LogP contribution in [0.25, 0.3) is 17.3 Å². The number of hydrogen-bond acceptors (Lipinski definition) is 5. The number of carbonyl (C=O) groups is 1. The lowest BCUT2D eigenvalue weighted by Crippen LogP contribution is -2.49. The van der Waals surface area contributed by atoms with Gasteiger partial charge in [0.05, 0.1) is 10.2 Å². The van der Waals surface area contributed by atoms with Gasteiger partial charge in [0.1, 0.15) is 22.4 Å². The van der Waals surface area contributed by atoms with Crippen LogP contribution in [0, 0.1) is 23.0 Å². The number of nitriles is 1. The van der Waals surface area contributed by atoms with Crippen molar-refractivity contribution in [2.75, 3.05) is 32.7 Å². The zero-order chi connectivity index (χ0) is 24.2. The van der Waals surface area contributed by atoms with Crippen molar-refractivity contribution in [1.82, 2.24) is 14.4 Å². The summed E-state index contributed by atoms with van der Waals surface area (Å²) in [7, 11) is 0. The molecule has 6 nitrogen and oxygen atoms in total. The average Bonchev–Trinajstić information content (AvgIpc) is 3.17. The van der Waals surface area contributed by atoms with Gasteiger partial charge >= 0.3 is 0 Å². The molecule has 1 fully saturated rings. The molecule has 0 aliphatic carbocycles. The molecule has 0 bridgehead atoms. The largest absolute Gasteiger partial charge is 0.335 e. The second-order valence-corrected chi connectivity index (χ2v) is 8.83. The Bertz CT molecular complexity index is 1410. The molecule has 34 heavy (non-hydrogen) atoms. The lowest BCUT2D eigenvalue weighted by atomic mass is 10.2. The first-order valence-corrected chi connectivity index (χ1v) is 11.6. The minimum Gasteiger partial charge on any atom is -0.335 e. The van der Waals surface area contributed by atoms with Crippen molar-refractivity contribution < 1.29 is 13.6 Å². The summed E-state index contributed by atoms with van der Waals surface area (Å²) >= 11 is 1.00. The molecule has 1 aromatic heterocycles. The molecule has 0 radical (unpaired) electrons. The number of likely N-dealkylation sites (N-methyl/N-ethyl adjacent to an activating group) is 1. The van der Waals surface area contributed by atoms with E-state index in [-0.39, 0.29) is 14.8 Å². The third kappa shape index (κ3) is 4.83. The van der Waals surface area contributed by atoms with E-state index in [1.165, 1.54) is 53.1 Å². The lowest BCUT2D eigenvalue weighted by Gasteiger charge is -2.33. The van der Waals surface area contributed by atoms with Gasteiger partial charge in [-0.05, 0) is 54.6 Å². The fourth-order valence-corrected chi connectivity index (χ4v) is 4.89. The van der Waals surface area contributed by atoms with E-state index in [1.807, 2.05) is 6.07 Å². The number of hydrogen-bond donors (Lipinski definition) is 0. The molecule has 2 aromatic carbocycles. The third-order valence-corrected chi connectivity index (χ3v) is 6.81. The molecular formula is C25H22F2N4O2S. The topological polar surface area (TPSA) is 69.3 Å². The van der Waals surface area contributed by atoms with E-state index in [0.717, 1.165) is 17.9 Å². The van der Waals surface area contributed by atoms with Gasteiger partial charge in [-0.3, -0.25) is 14.2 Å². The van der Waals surface area contributed by atoms with Gasteiger partial charge in [0.2, 0.25) is 0 Å². The summed E-state index contributed by atoms with van der Waals surface area (Å²) in [6.45, 7) is 5.32. The first-order valence-electron chi connectivity index (χ1n) is 10.8. The van der Waals surface area contributed by atoms with Crippen LogP contribution >= 0.6 is 11.3 Å². The van der Waals surface area contributed by atoms with Gasteiger partial charge in [-0.2, -0.15) is 5.26 Å². The fourth-order valence-electron chi connectivity index (χ4n) is 3.80. The predicted molar refractivity (Wildman–Crippen MR) is 127 cm³/mol. The van der Waals surface area contributed by atoms with Crippen molar-refractivity contribution in [2.45, 2.75) is 6.92 Å². The number of halogens is 2. The molecule has 0 unspecified atom stereocenters. The van der Waals surface area contributed by atoms with Crippen LogP contribution in [0.4, 0.5) is 8.78 Å². The fraction of sp³-hybridized carbons (Fsp3) is 0.240. The molecular weight excluding hydrogens is 458 g/mol. The molecule has 0 atom stereocenters. The smallest absolute Gasteiger partial charge is 0.273 e. The quantitative estimate of drug-likeness (QED) is 0.572. The first-order chi connectivity index (χ1) is 16.4. The van der Waals surface area contributed by atoms with E-state index < -0.39 is 23.1 Å². The van der Waals surface area contributed by atoms with Crippen molar-refractivity contribution >= 4 is 28.9 Å². The van der Waals surface area contributed by atoms with E-state index in [1.54, 1.807) is 11.0 Å². The van der Waals surface area contributed by atoms with E-state index in [4.69, 9.17) is 0 Å². The summed E-state index contributed by atoms with van der Waals surface area (Å²) in [5.74, 6) is -1.31. The van der Waals surface area contributed by atoms with Gasteiger partial charge in [0.25, 0.3) is 11.5 Å². The van der Waals surface area contributed by atoms with Crippen LogP contribution in [-0.2, 0) is 4.79 Å². The van der Waals surface area contributed by atoms with E-state index in [2.05, 4.69) is 11.8 Å². The van der Waals surface area contributed by atoms with E-state index in [0.29, 0.717) is 37.4 Å². The van der Waals surface area contributed by atoms with Gasteiger partial charge in [0.15, 0.2) is 5.57 Å². The maximum Gasteiger partial charge on any atom is 0.273 e. The predicted octanol–water partition coefficient (Wildman–Crippen LogP) is 1.84. The van der Waals surface area contributed by atoms with Crippen LogP contribution in [0.3, 0.4) is 0 Å². The van der Waals surface area contributed by atoms with Crippen LogP contribution in [0.5, 0.6) is 0 Å². The summed E-state index contributed by atoms with van der Waals surface area (Å²) in [4.78, 5) is 30.5. The molecule has 1 amide bonds. The summed E-state index contributed by atoms with van der Waals surface area (Å²) in [5, 5.41) is 9.95. The van der Waals surface area contributed by atoms with Gasteiger partial charge < -0.3 is 9.80 Å². The zero-order valence-corrected chi connectivity index (χ0v) is 19.3. The zero-order valence-electron chi connectivity index (χ0n) is 18.5. The van der Waals surface area contributed by atoms with Crippen molar-refractivity contribution in [1.29, 1.82) is 5.26 Å². The minimum atomic E-state index is -0.471. The molecule has 0 N–H and O–H groups in total. The third-order valence-electron chi connectivity index (χ3n) is 5.72.